The lowest BCUT2D eigenvalue weighted by Crippen LogP contribution is -2.53. The molecule has 0 bridgehead atoms. The fourth-order valence-electron chi connectivity index (χ4n) is 4.48. The van der Waals surface area contributed by atoms with Gasteiger partial charge in [-0.1, -0.05) is 53.5 Å². The summed E-state index contributed by atoms with van der Waals surface area (Å²) in [5.41, 5.74) is 2.72. The molecule has 7 heteroatoms. The number of carbonyl (C=O) groups excluding carboxylic acids is 2. The second-order valence-electron chi connectivity index (χ2n) is 8.03. The lowest BCUT2D eigenvalue weighted by atomic mass is 9.93. The molecule has 2 aliphatic heterocycles. The maximum atomic E-state index is 13.7. The van der Waals surface area contributed by atoms with Crippen molar-refractivity contribution in [1.29, 1.82) is 0 Å². The Morgan fingerprint density at radius 3 is 2.26 bits per heavy atom. The van der Waals surface area contributed by atoms with E-state index in [2.05, 4.69) is 0 Å². The molecule has 3 amide bonds. The number of hydrogen-bond donors (Lipinski definition) is 0. The summed E-state index contributed by atoms with van der Waals surface area (Å²) in [5.74, 6) is -0.534. The Morgan fingerprint density at radius 2 is 1.55 bits per heavy atom. The Labute approximate surface area is 195 Å². The third-order valence-corrected chi connectivity index (χ3v) is 7.91. The molecule has 2 aromatic carbocycles. The van der Waals surface area contributed by atoms with Gasteiger partial charge in [0, 0.05) is 10.0 Å². The second-order valence-corrected chi connectivity index (χ2v) is 10.0. The number of fused-ring (bicyclic) bond motifs is 2. The monoisotopic (exact) mass is 471 g/mol. The lowest BCUT2D eigenvalue weighted by Gasteiger charge is -2.26. The topological polar surface area (TPSA) is 40.4 Å². The lowest BCUT2D eigenvalue weighted by molar-refractivity contribution is -0.443. The van der Waals surface area contributed by atoms with Crippen LogP contribution in [0, 0.1) is 5.92 Å². The highest BCUT2D eigenvalue weighted by Gasteiger charge is 2.54. The van der Waals surface area contributed by atoms with Gasteiger partial charge in [0.15, 0.2) is 11.0 Å². The molecule has 1 aliphatic carbocycles. The van der Waals surface area contributed by atoms with Crippen molar-refractivity contribution in [2.75, 3.05) is 4.90 Å². The third-order valence-electron chi connectivity index (χ3n) is 6.03. The van der Waals surface area contributed by atoms with Crippen LogP contribution in [0.2, 0.25) is 10.0 Å². The summed E-state index contributed by atoms with van der Waals surface area (Å²) in [5, 5.41) is 2.07. The molecule has 4 nitrogen and oxygen atoms in total. The normalized spacial score (nSPS) is 21.4. The molecule has 158 valence electrons. The number of amides is 3. The van der Waals surface area contributed by atoms with E-state index in [1.54, 1.807) is 40.6 Å². The molecule has 1 unspecified atom stereocenters. The molecule has 0 spiro atoms. The first-order valence-electron chi connectivity index (χ1n) is 10.4. The van der Waals surface area contributed by atoms with Crippen LogP contribution in [0.3, 0.4) is 0 Å². The Kier molecular flexibility index (Phi) is 5.67. The SMILES string of the molecule is O=C1C2C3=C(CCCCC3)SC2=[N+](Cc2ccc(Cl)cc2)C(=O)N1c1ccc(Cl)cc1. The molecular formula is C24H21Cl2N2O2S+. The van der Waals surface area contributed by atoms with Gasteiger partial charge in [-0.25, -0.2) is 4.79 Å². The number of anilines is 1. The molecule has 0 fully saturated rings. The van der Waals surface area contributed by atoms with Crippen LogP contribution < -0.4 is 4.90 Å². The largest absolute Gasteiger partial charge is 0.506 e. The fourth-order valence-corrected chi connectivity index (χ4v) is 6.20. The van der Waals surface area contributed by atoms with Gasteiger partial charge in [-0.15, -0.1) is 4.90 Å². The number of thioether (sulfide) groups is 1. The third kappa shape index (κ3) is 3.84. The summed E-state index contributed by atoms with van der Waals surface area (Å²) in [6.45, 7) is 0.396. The van der Waals surface area contributed by atoms with Crippen LogP contribution in [0.25, 0.3) is 0 Å². The van der Waals surface area contributed by atoms with Gasteiger partial charge in [0.25, 0.3) is 0 Å². The number of allylic oxidation sites excluding steroid dienone is 1. The zero-order valence-electron chi connectivity index (χ0n) is 16.8. The van der Waals surface area contributed by atoms with Crippen LogP contribution in [-0.4, -0.2) is 21.6 Å². The smallest absolute Gasteiger partial charge is 0.245 e. The minimum Gasteiger partial charge on any atom is -0.245 e. The van der Waals surface area contributed by atoms with Crippen molar-refractivity contribution < 1.29 is 14.2 Å². The van der Waals surface area contributed by atoms with Gasteiger partial charge < -0.3 is 0 Å². The first kappa shape index (κ1) is 20.8. The first-order valence-corrected chi connectivity index (χ1v) is 12.0. The van der Waals surface area contributed by atoms with Gasteiger partial charge in [-0.3, -0.25) is 0 Å². The maximum Gasteiger partial charge on any atom is 0.506 e. The molecule has 0 saturated carbocycles. The van der Waals surface area contributed by atoms with Crippen molar-refractivity contribution >= 4 is 57.6 Å². The molecule has 2 heterocycles. The number of halogens is 2. The van der Waals surface area contributed by atoms with E-state index in [-0.39, 0.29) is 17.9 Å². The number of rotatable bonds is 3. The average Bonchev–Trinajstić information content (AvgIpc) is 2.96. The predicted molar refractivity (Wildman–Crippen MR) is 126 cm³/mol. The zero-order valence-corrected chi connectivity index (χ0v) is 19.1. The Hall–Kier alpha value is -2.08. The van der Waals surface area contributed by atoms with Gasteiger partial charge in [-0.2, -0.15) is 9.37 Å². The number of carbonyl (C=O) groups is 2. The molecule has 31 heavy (non-hydrogen) atoms. The summed E-state index contributed by atoms with van der Waals surface area (Å²) in [7, 11) is 0. The van der Waals surface area contributed by atoms with Crippen molar-refractivity contribution in [2.45, 2.75) is 38.6 Å². The summed E-state index contributed by atoms with van der Waals surface area (Å²) in [6.07, 6.45) is 5.30. The highest BCUT2D eigenvalue weighted by molar-refractivity contribution is 8.17. The second kappa shape index (κ2) is 8.45. The minimum atomic E-state index is -0.376. The van der Waals surface area contributed by atoms with Crippen LogP contribution in [0.4, 0.5) is 10.5 Å². The summed E-state index contributed by atoms with van der Waals surface area (Å²) < 4.78 is 1.77. The van der Waals surface area contributed by atoms with E-state index in [4.69, 9.17) is 23.2 Å². The number of urea groups is 1. The van der Waals surface area contributed by atoms with E-state index in [1.165, 1.54) is 21.8 Å². The van der Waals surface area contributed by atoms with Crippen LogP contribution in [-0.2, 0) is 11.3 Å². The molecule has 0 radical (unpaired) electrons. The van der Waals surface area contributed by atoms with Crippen LogP contribution >= 0.6 is 35.0 Å². The Morgan fingerprint density at radius 1 is 0.903 bits per heavy atom. The molecule has 5 rings (SSSR count). The van der Waals surface area contributed by atoms with E-state index < -0.39 is 0 Å². The average molecular weight is 472 g/mol. The van der Waals surface area contributed by atoms with Gasteiger partial charge in [-0.05, 0) is 78.1 Å². The molecule has 2 aromatic rings. The summed E-state index contributed by atoms with van der Waals surface area (Å²) in [4.78, 5) is 29.9. The van der Waals surface area contributed by atoms with E-state index in [0.717, 1.165) is 36.3 Å². The van der Waals surface area contributed by atoms with E-state index in [0.29, 0.717) is 22.3 Å². The molecule has 0 aromatic heterocycles. The molecular weight excluding hydrogens is 451 g/mol. The van der Waals surface area contributed by atoms with E-state index in [1.807, 2.05) is 24.3 Å². The maximum absolute atomic E-state index is 13.7. The molecule has 1 atom stereocenters. The molecule has 0 saturated heterocycles. The number of benzene rings is 2. The van der Waals surface area contributed by atoms with Gasteiger partial charge in [0.05, 0.1) is 0 Å². The van der Waals surface area contributed by atoms with Gasteiger partial charge in [0.2, 0.25) is 0 Å². The van der Waals surface area contributed by atoms with Crippen molar-refractivity contribution in [1.82, 2.24) is 0 Å². The fraction of sp³-hybridized carbons (Fsp3) is 0.292. The van der Waals surface area contributed by atoms with E-state index in [9.17, 15) is 9.59 Å². The van der Waals surface area contributed by atoms with Crippen molar-refractivity contribution in [3.63, 3.8) is 0 Å². The molecule has 3 aliphatic rings. The highest BCUT2D eigenvalue weighted by atomic mass is 35.5. The predicted octanol–water partition coefficient (Wildman–Crippen LogP) is 6.65. The van der Waals surface area contributed by atoms with Crippen LogP contribution in [0.15, 0.2) is 59.0 Å². The number of hydrogen-bond acceptors (Lipinski definition) is 3. The van der Waals surface area contributed by atoms with Crippen LogP contribution in [0.1, 0.15) is 37.7 Å². The summed E-state index contributed by atoms with van der Waals surface area (Å²) in [6, 6.07) is 14.1. The molecule has 0 N–H and O–H groups in total. The van der Waals surface area contributed by atoms with Gasteiger partial charge >= 0.3 is 11.9 Å². The first-order chi connectivity index (χ1) is 15.0. The van der Waals surface area contributed by atoms with Crippen molar-refractivity contribution in [2.24, 2.45) is 5.92 Å². The quantitative estimate of drug-likeness (QED) is 0.470. The van der Waals surface area contributed by atoms with E-state index >= 15 is 0 Å². The van der Waals surface area contributed by atoms with Gasteiger partial charge in [0.1, 0.15) is 12.2 Å². The standard InChI is InChI=1S/C24H21Cl2N2O2S/c25-16-8-6-15(7-9-16)14-27-23-21(19-4-2-1-3-5-20(19)31-23)22(29)28(24(27)30)18-12-10-17(26)11-13-18/h6-13,21H,1-5,14H2/q+1. The van der Waals surface area contributed by atoms with Crippen molar-refractivity contribution in [3.05, 3.63) is 74.6 Å². The number of nitrogens with zero attached hydrogens (tertiary/aromatic N) is 2. The zero-order chi connectivity index (χ0) is 21.5. The van der Waals surface area contributed by atoms with Crippen molar-refractivity contribution in [3.8, 4) is 0 Å². The summed E-state index contributed by atoms with van der Waals surface area (Å²) >= 11 is 13.7. The Bertz CT molecular complexity index is 1120. The minimum absolute atomic E-state index is 0.158. The highest BCUT2D eigenvalue weighted by Crippen LogP contribution is 2.47. The number of imide groups is 1. The Balaban J connectivity index is 1.61. The van der Waals surface area contributed by atoms with Crippen LogP contribution in [0.5, 0.6) is 0 Å².